The fourth-order valence-corrected chi connectivity index (χ4v) is 3.64. The zero-order chi connectivity index (χ0) is 19.6. The van der Waals surface area contributed by atoms with Crippen molar-refractivity contribution in [3.05, 3.63) is 0 Å². The number of piperidine rings is 1. The first-order chi connectivity index (χ1) is 12.2. The van der Waals surface area contributed by atoms with E-state index in [1.807, 2.05) is 6.92 Å². The summed E-state index contributed by atoms with van der Waals surface area (Å²) in [4.78, 5) is 6.74. The van der Waals surface area contributed by atoms with Crippen molar-refractivity contribution in [2.75, 3.05) is 52.3 Å². The minimum atomic E-state index is -3.15. The van der Waals surface area contributed by atoms with Crippen molar-refractivity contribution in [3.63, 3.8) is 0 Å². The second kappa shape index (κ2) is 11.1. The number of rotatable bonds is 9. The Morgan fingerprint density at radius 1 is 1.23 bits per heavy atom. The SMILES string of the molecule is CCNC(=NCCS(=O)(=O)C(C)(C)C)N1CCC(OCCCOC)CC1. The molecule has 1 aliphatic heterocycles. The minimum Gasteiger partial charge on any atom is -0.385 e. The predicted octanol–water partition coefficient (Wildman–Crippen LogP) is 1.68. The monoisotopic (exact) mass is 391 g/mol. The van der Waals surface area contributed by atoms with Crippen LogP contribution in [0.25, 0.3) is 0 Å². The molecule has 154 valence electrons. The molecule has 26 heavy (non-hydrogen) atoms. The van der Waals surface area contributed by atoms with Crippen molar-refractivity contribution in [1.29, 1.82) is 0 Å². The van der Waals surface area contributed by atoms with Gasteiger partial charge in [0.05, 0.1) is 23.1 Å². The third-order valence-corrected chi connectivity index (χ3v) is 7.06. The molecule has 7 nitrogen and oxygen atoms in total. The number of hydrogen-bond donors (Lipinski definition) is 1. The molecule has 1 saturated heterocycles. The number of hydrogen-bond acceptors (Lipinski definition) is 5. The van der Waals surface area contributed by atoms with E-state index >= 15 is 0 Å². The standard InChI is InChI=1S/C18H37N3O4S/c1-6-19-17(20-10-15-26(22,23)18(2,3)4)21-11-8-16(9-12-21)25-14-7-13-24-5/h16H,6-15H2,1-5H3,(H,19,20). The highest BCUT2D eigenvalue weighted by atomic mass is 32.2. The Bertz CT molecular complexity index is 521. The average Bonchev–Trinajstić information content (AvgIpc) is 2.57. The Labute approximate surface area is 159 Å². The molecular formula is C18H37N3O4S. The molecule has 1 fully saturated rings. The third-order valence-electron chi connectivity index (χ3n) is 4.48. The quantitative estimate of drug-likeness (QED) is 0.366. The number of methoxy groups -OCH3 is 1. The molecule has 1 rings (SSSR count). The molecular weight excluding hydrogens is 354 g/mol. The molecule has 0 spiro atoms. The fraction of sp³-hybridized carbons (Fsp3) is 0.944. The van der Waals surface area contributed by atoms with Gasteiger partial charge in [0.1, 0.15) is 0 Å². The molecule has 0 saturated carbocycles. The molecule has 8 heteroatoms. The van der Waals surface area contributed by atoms with E-state index in [9.17, 15) is 8.42 Å². The summed E-state index contributed by atoms with van der Waals surface area (Å²) in [7, 11) is -1.45. The molecule has 1 aliphatic rings. The van der Waals surface area contributed by atoms with Gasteiger partial charge in [0.15, 0.2) is 15.8 Å². The lowest BCUT2D eigenvalue weighted by Crippen LogP contribution is -2.47. The van der Waals surface area contributed by atoms with Gasteiger partial charge in [-0.05, 0) is 47.0 Å². The van der Waals surface area contributed by atoms with Gasteiger partial charge in [-0.2, -0.15) is 0 Å². The molecule has 0 aromatic heterocycles. The maximum atomic E-state index is 12.2. The first-order valence-electron chi connectivity index (χ1n) is 9.57. The van der Waals surface area contributed by atoms with Crippen molar-refractivity contribution in [3.8, 4) is 0 Å². The van der Waals surface area contributed by atoms with Crippen LogP contribution in [0, 0.1) is 0 Å². The van der Waals surface area contributed by atoms with Crippen LogP contribution < -0.4 is 5.32 Å². The molecule has 0 radical (unpaired) electrons. The second-order valence-corrected chi connectivity index (χ2v) is 10.4. The first kappa shape index (κ1) is 23.2. The van der Waals surface area contributed by atoms with E-state index in [2.05, 4.69) is 15.2 Å². The Balaban J connectivity index is 2.50. The van der Waals surface area contributed by atoms with Crippen LogP contribution in [0.1, 0.15) is 47.0 Å². The Kier molecular flexibility index (Phi) is 9.89. The van der Waals surface area contributed by atoms with Gasteiger partial charge in [0.25, 0.3) is 0 Å². The van der Waals surface area contributed by atoms with Crippen LogP contribution in [0.4, 0.5) is 0 Å². The van der Waals surface area contributed by atoms with Gasteiger partial charge in [-0.1, -0.05) is 0 Å². The largest absolute Gasteiger partial charge is 0.385 e. The number of aliphatic imine (C=N–C) groups is 1. The van der Waals surface area contributed by atoms with E-state index in [0.29, 0.717) is 0 Å². The number of ether oxygens (including phenoxy) is 2. The normalized spacial score (nSPS) is 17.6. The van der Waals surface area contributed by atoms with E-state index in [1.165, 1.54) is 0 Å². The fourth-order valence-electron chi connectivity index (χ4n) is 2.69. The first-order valence-corrected chi connectivity index (χ1v) is 11.2. The van der Waals surface area contributed by atoms with Crippen molar-refractivity contribution in [2.24, 2.45) is 4.99 Å². The molecule has 0 unspecified atom stereocenters. The highest BCUT2D eigenvalue weighted by Crippen LogP contribution is 2.16. The average molecular weight is 392 g/mol. The Morgan fingerprint density at radius 2 is 1.88 bits per heavy atom. The summed E-state index contributed by atoms with van der Waals surface area (Å²) in [5.41, 5.74) is 0. The Morgan fingerprint density at radius 3 is 2.42 bits per heavy atom. The molecule has 1 N–H and O–H groups in total. The van der Waals surface area contributed by atoms with Gasteiger partial charge in [-0.3, -0.25) is 4.99 Å². The highest BCUT2D eigenvalue weighted by molar-refractivity contribution is 7.92. The molecule has 0 aromatic rings. The van der Waals surface area contributed by atoms with Crippen LogP contribution in [-0.4, -0.2) is 82.4 Å². The van der Waals surface area contributed by atoms with Crippen molar-refractivity contribution >= 4 is 15.8 Å². The zero-order valence-corrected chi connectivity index (χ0v) is 17.9. The number of sulfone groups is 1. The molecule has 0 bridgehead atoms. The maximum absolute atomic E-state index is 12.2. The lowest BCUT2D eigenvalue weighted by molar-refractivity contribution is 0.00991. The van der Waals surface area contributed by atoms with Gasteiger partial charge in [0.2, 0.25) is 0 Å². The molecule has 0 aliphatic carbocycles. The van der Waals surface area contributed by atoms with Crippen molar-refractivity contribution in [1.82, 2.24) is 10.2 Å². The highest BCUT2D eigenvalue weighted by Gasteiger charge is 2.28. The van der Waals surface area contributed by atoms with Crippen LogP contribution in [0.15, 0.2) is 4.99 Å². The smallest absolute Gasteiger partial charge is 0.193 e. The van der Waals surface area contributed by atoms with Gasteiger partial charge < -0.3 is 19.7 Å². The van der Waals surface area contributed by atoms with Gasteiger partial charge >= 0.3 is 0 Å². The topological polar surface area (TPSA) is 80.2 Å². The summed E-state index contributed by atoms with van der Waals surface area (Å²) in [6, 6.07) is 0. The van der Waals surface area contributed by atoms with Gasteiger partial charge in [0, 0.05) is 40.0 Å². The molecule has 0 atom stereocenters. The van der Waals surface area contributed by atoms with E-state index in [-0.39, 0.29) is 18.4 Å². The number of nitrogens with one attached hydrogen (secondary N) is 1. The number of nitrogens with zero attached hydrogens (tertiary/aromatic N) is 2. The van der Waals surface area contributed by atoms with E-state index in [1.54, 1.807) is 27.9 Å². The summed E-state index contributed by atoms with van der Waals surface area (Å²) < 4.78 is 34.6. The van der Waals surface area contributed by atoms with E-state index in [0.717, 1.165) is 58.1 Å². The van der Waals surface area contributed by atoms with Crippen LogP contribution in [-0.2, 0) is 19.3 Å². The lowest BCUT2D eigenvalue weighted by Gasteiger charge is -2.34. The zero-order valence-electron chi connectivity index (χ0n) is 17.1. The second-order valence-electron chi connectivity index (χ2n) is 7.57. The van der Waals surface area contributed by atoms with Gasteiger partial charge in [-0.15, -0.1) is 0 Å². The van der Waals surface area contributed by atoms with Crippen molar-refractivity contribution in [2.45, 2.75) is 57.8 Å². The van der Waals surface area contributed by atoms with Gasteiger partial charge in [-0.25, -0.2) is 8.42 Å². The molecule has 0 aromatic carbocycles. The summed E-state index contributed by atoms with van der Waals surface area (Å²) in [6.07, 6.45) is 3.12. The summed E-state index contributed by atoms with van der Waals surface area (Å²) >= 11 is 0. The van der Waals surface area contributed by atoms with Crippen LogP contribution in [0.3, 0.4) is 0 Å². The summed E-state index contributed by atoms with van der Waals surface area (Å²) in [6.45, 7) is 11.5. The van der Waals surface area contributed by atoms with Crippen LogP contribution in [0.2, 0.25) is 0 Å². The minimum absolute atomic E-state index is 0.0739. The Hall–Kier alpha value is -0.860. The number of guanidine groups is 1. The van der Waals surface area contributed by atoms with Crippen LogP contribution in [0.5, 0.6) is 0 Å². The summed E-state index contributed by atoms with van der Waals surface area (Å²) in [5, 5.41) is 3.28. The lowest BCUT2D eigenvalue weighted by atomic mass is 10.1. The summed E-state index contributed by atoms with van der Waals surface area (Å²) in [5.74, 6) is 0.874. The maximum Gasteiger partial charge on any atom is 0.193 e. The van der Waals surface area contributed by atoms with Crippen molar-refractivity contribution < 1.29 is 17.9 Å². The third kappa shape index (κ3) is 7.80. The predicted molar refractivity (Wildman–Crippen MR) is 107 cm³/mol. The van der Waals surface area contributed by atoms with E-state index < -0.39 is 14.6 Å². The van der Waals surface area contributed by atoms with E-state index in [4.69, 9.17) is 9.47 Å². The molecule has 1 heterocycles. The van der Waals surface area contributed by atoms with Crippen LogP contribution >= 0.6 is 0 Å². The molecule has 0 amide bonds. The number of likely N-dealkylation sites (tertiary alicyclic amines) is 1.